The van der Waals surface area contributed by atoms with E-state index in [1.807, 2.05) is 0 Å². The zero-order valence-corrected chi connectivity index (χ0v) is 20.1. The molecule has 1 unspecified atom stereocenters. The SMILES string of the molecule is Cc1noc(-c2cc(OCCOC3CCCCO3)c3c(c2Cl)O[C@@]2(C)CC(=O)C=C(O)[C@@H]2C3=O)n1. The summed E-state index contributed by atoms with van der Waals surface area (Å²) in [4.78, 5) is 30.0. The Kier molecular flexibility index (Phi) is 6.29. The molecule has 0 bridgehead atoms. The second kappa shape index (κ2) is 9.25. The predicted molar refractivity (Wildman–Crippen MR) is 122 cm³/mol. The number of benzene rings is 1. The van der Waals surface area contributed by atoms with Crippen LogP contribution in [0.3, 0.4) is 0 Å². The maximum absolute atomic E-state index is 13.6. The van der Waals surface area contributed by atoms with Crippen molar-refractivity contribution in [1.29, 1.82) is 0 Å². The van der Waals surface area contributed by atoms with Crippen LogP contribution in [0.2, 0.25) is 5.02 Å². The first-order valence-corrected chi connectivity index (χ1v) is 11.8. The van der Waals surface area contributed by atoms with Crippen LogP contribution in [0.5, 0.6) is 11.5 Å². The van der Waals surface area contributed by atoms with Gasteiger partial charge in [0.1, 0.15) is 35.2 Å². The molecule has 1 fully saturated rings. The van der Waals surface area contributed by atoms with Gasteiger partial charge in [0.15, 0.2) is 29.4 Å². The molecule has 35 heavy (non-hydrogen) atoms. The van der Waals surface area contributed by atoms with Gasteiger partial charge in [-0.25, -0.2) is 0 Å². The van der Waals surface area contributed by atoms with Gasteiger partial charge < -0.3 is 28.6 Å². The molecule has 3 atom stereocenters. The van der Waals surface area contributed by atoms with Gasteiger partial charge in [0.05, 0.1) is 23.6 Å². The molecule has 1 aromatic carbocycles. The van der Waals surface area contributed by atoms with E-state index in [0.29, 0.717) is 18.0 Å². The summed E-state index contributed by atoms with van der Waals surface area (Å²) < 4.78 is 28.7. The molecule has 2 aliphatic heterocycles. The molecule has 3 heterocycles. The second-order valence-electron chi connectivity index (χ2n) is 9.03. The van der Waals surface area contributed by atoms with E-state index in [2.05, 4.69) is 10.1 Å². The number of ketones is 2. The lowest BCUT2D eigenvalue weighted by molar-refractivity contribution is -0.165. The maximum Gasteiger partial charge on any atom is 0.259 e. The number of hydrogen-bond acceptors (Lipinski definition) is 10. The number of allylic oxidation sites excluding steroid dienone is 1. The van der Waals surface area contributed by atoms with Gasteiger partial charge in [0.25, 0.3) is 5.89 Å². The minimum absolute atomic E-state index is 0.0396. The number of Topliss-reactive ketones (excluding diaryl/α,β-unsaturated/α-hetero) is 1. The summed E-state index contributed by atoms with van der Waals surface area (Å²) in [6, 6.07) is 1.53. The number of fused-ring (bicyclic) bond motifs is 2. The van der Waals surface area contributed by atoms with Crippen LogP contribution in [0.1, 0.15) is 48.8 Å². The number of nitrogens with zero attached hydrogens (tertiary/aromatic N) is 2. The number of hydrogen-bond donors (Lipinski definition) is 1. The van der Waals surface area contributed by atoms with Gasteiger partial charge in [-0.1, -0.05) is 16.8 Å². The Morgan fingerprint density at radius 3 is 2.83 bits per heavy atom. The lowest BCUT2D eigenvalue weighted by Crippen LogP contribution is -2.52. The van der Waals surface area contributed by atoms with Crippen LogP contribution >= 0.6 is 11.6 Å². The topological polar surface area (TPSA) is 130 Å². The van der Waals surface area contributed by atoms with E-state index in [1.165, 1.54) is 6.07 Å². The van der Waals surface area contributed by atoms with E-state index in [9.17, 15) is 14.7 Å². The van der Waals surface area contributed by atoms with Crippen molar-refractivity contribution in [3.05, 3.63) is 34.3 Å². The zero-order valence-electron chi connectivity index (χ0n) is 19.3. The summed E-state index contributed by atoms with van der Waals surface area (Å²) in [5, 5.41) is 14.4. The molecule has 3 aliphatic rings. The first-order valence-electron chi connectivity index (χ1n) is 11.5. The third kappa shape index (κ3) is 4.41. The highest BCUT2D eigenvalue weighted by Crippen LogP contribution is 2.52. The lowest BCUT2D eigenvalue weighted by Gasteiger charge is -2.43. The Labute approximate surface area is 206 Å². The van der Waals surface area contributed by atoms with Gasteiger partial charge in [0.2, 0.25) is 0 Å². The summed E-state index contributed by atoms with van der Waals surface area (Å²) in [5.74, 6) is -1.51. The van der Waals surface area contributed by atoms with Crippen LogP contribution in [0.25, 0.3) is 11.5 Å². The number of aromatic nitrogens is 2. The fourth-order valence-electron chi connectivity index (χ4n) is 4.73. The molecule has 1 N–H and O–H groups in total. The average molecular weight is 505 g/mol. The molecule has 11 heteroatoms. The number of aliphatic hydroxyl groups is 1. The third-order valence-electron chi connectivity index (χ3n) is 6.31. The van der Waals surface area contributed by atoms with Crippen LogP contribution < -0.4 is 9.47 Å². The first-order chi connectivity index (χ1) is 16.8. The largest absolute Gasteiger partial charge is 0.511 e. The van der Waals surface area contributed by atoms with Crippen molar-refractivity contribution >= 4 is 23.2 Å². The van der Waals surface area contributed by atoms with E-state index in [-0.39, 0.29) is 65.4 Å². The van der Waals surface area contributed by atoms with Crippen molar-refractivity contribution in [2.45, 2.75) is 51.4 Å². The smallest absolute Gasteiger partial charge is 0.259 e. The number of carbonyl (C=O) groups excluding carboxylic acids is 2. The second-order valence-corrected chi connectivity index (χ2v) is 9.40. The Hall–Kier alpha value is -2.95. The summed E-state index contributed by atoms with van der Waals surface area (Å²) in [6.45, 7) is 4.27. The quantitative estimate of drug-likeness (QED) is 0.576. The Morgan fingerprint density at radius 1 is 1.29 bits per heavy atom. The number of aryl methyl sites for hydroxylation is 1. The Morgan fingerprint density at radius 2 is 2.11 bits per heavy atom. The monoisotopic (exact) mass is 504 g/mol. The molecular weight excluding hydrogens is 480 g/mol. The highest BCUT2D eigenvalue weighted by Gasteiger charge is 2.53. The van der Waals surface area contributed by atoms with Crippen LogP contribution in [-0.4, -0.2) is 58.5 Å². The molecular formula is C24H25ClN2O8. The fraction of sp³-hybridized carbons (Fsp3) is 0.500. The van der Waals surface area contributed by atoms with Crippen LogP contribution in [0.4, 0.5) is 0 Å². The van der Waals surface area contributed by atoms with Gasteiger partial charge in [-0.2, -0.15) is 4.98 Å². The van der Waals surface area contributed by atoms with Crippen molar-refractivity contribution in [3.63, 3.8) is 0 Å². The Bertz CT molecular complexity index is 1200. The molecule has 0 radical (unpaired) electrons. The molecule has 1 aliphatic carbocycles. The fourth-order valence-corrected chi connectivity index (χ4v) is 5.00. The van der Waals surface area contributed by atoms with Gasteiger partial charge >= 0.3 is 0 Å². The van der Waals surface area contributed by atoms with Crippen molar-refractivity contribution in [2.75, 3.05) is 19.8 Å². The van der Waals surface area contributed by atoms with Crippen molar-refractivity contribution in [3.8, 4) is 23.0 Å². The zero-order chi connectivity index (χ0) is 24.7. The van der Waals surface area contributed by atoms with Gasteiger partial charge in [-0.05, 0) is 39.2 Å². The first kappa shape index (κ1) is 23.8. The molecule has 10 nitrogen and oxygen atoms in total. The summed E-state index contributed by atoms with van der Waals surface area (Å²) in [5.41, 5.74) is -0.930. The average Bonchev–Trinajstić information content (AvgIpc) is 3.24. The lowest BCUT2D eigenvalue weighted by atomic mass is 9.73. The van der Waals surface area contributed by atoms with E-state index < -0.39 is 17.3 Å². The maximum atomic E-state index is 13.6. The summed E-state index contributed by atoms with van der Waals surface area (Å²) in [7, 11) is 0. The molecule has 0 amide bonds. The van der Waals surface area contributed by atoms with Crippen LogP contribution in [0.15, 0.2) is 22.4 Å². The number of rotatable bonds is 6. The minimum atomic E-state index is -1.31. The number of halogens is 1. The van der Waals surface area contributed by atoms with Crippen molar-refractivity contribution < 1.29 is 38.2 Å². The number of aliphatic hydroxyl groups excluding tert-OH is 1. The molecule has 5 rings (SSSR count). The van der Waals surface area contributed by atoms with Crippen molar-refractivity contribution in [2.24, 2.45) is 5.92 Å². The van der Waals surface area contributed by atoms with Gasteiger partial charge in [0, 0.05) is 12.7 Å². The van der Waals surface area contributed by atoms with E-state index in [1.54, 1.807) is 13.8 Å². The van der Waals surface area contributed by atoms with E-state index >= 15 is 0 Å². The normalized spacial score (nSPS) is 26.0. The highest BCUT2D eigenvalue weighted by molar-refractivity contribution is 6.35. The van der Waals surface area contributed by atoms with E-state index in [0.717, 1.165) is 25.3 Å². The molecule has 186 valence electrons. The minimum Gasteiger partial charge on any atom is -0.511 e. The van der Waals surface area contributed by atoms with E-state index in [4.69, 9.17) is 35.1 Å². The molecule has 2 aromatic rings. The summed E-state index contributed by atoms with van der Waals surface area (Å²) in [6.07, 6.45) is 3.55. The molecule has 1 aromatic heterocycles. The van der Waals surface area contributed by atoms with Gasteiger partial charge in [-0.3, -0.25) is 9.59 Å². The van der Waals surface area contributed by atoms with Gasteiger partial charge in [-0.15, -0.1) is 0 Å². The Balaban J connectivity index is 1.51. The summed E-state index contributed by atoms with van der Waals surface area (Å²) >= 11 is 6.67. The molecule has 0 saturated carbocycles. The number of ether oxygens (including phenoxy) is 4. The number of carbonyl (C=O) groups is 2. The van der Waals surface area contributed by atoms with Crippen molar-refractivity contribution in [1.82, 2.24) is 10.1 Å². The molecule has 0 spiro atoms. The highest BCUT2D eigenvalue weighted by atomic mass is 35.5. The van der Waals surface area contributed by atoms with Crippen LogP contribution in [-0.2, 0) is 14.3 Å². The molecule has 1 saturated heterocycles. The van der Waals surface area contributed by atoms with Crippen LogP contribution in [0, 0.1) is 12.8 Å². The standard InChI is InChI=1S/C24H25ClN2O8/c1-12-26-23(35-27-12)14-10-16(31-7-8-33-17-5-3-4-6-32-17)18-21(30)19-15(29)9-13(28)11-24(19,2)34-22(18)20(14)25/h9-10,17,19,29H,3-8,11H2,1-2H3/t17?,19-,24+/m1/s1. The predicted octanol–water partition coefficient (Wildman–Crippen LogP) is 3.99. The third-order valence-corrected chi connectivity index (χ3v) is 6.68.